The first-order valence-electron chi connectivity index (χ1n) is 8.38. The number of methoxy groups -OCH3 is 2. The topological polar surface area (TPSA) is 89.0 Å². The molecule has 0 unspecified atom stereocenters. The van der Waals surface area contributed by atoms with E-state index in [0.29, 0.717) is 17.1 Å². The summed E-state index contributed by atoms with van der Waals surface area (Å²) in [5.41, 5.74) is 4.20. The largest absolute Gasteiger partial charge is 0.495 e. The molecule has 0 saturated heterocycles. The molecule has 7 heteroatoms. The van der Waals surface area contributed by atoms with Crippen molar-refractivity contribution in [3.8, 4) is 5.75 Å². The molecule has 0 saturated carbocycles. The zero-order valence-corrected chi connectivity index (χ0v) is 15.6. The number of carbonyl (C=O) groups excluding carboxylic acids is 2. The zero-order chi connectivity index (χ0) is 19.6. The van der Waals surface area contributed by atoms with E-state index in [4.69, 9.17) is 9.47 Å². The molecule has 142 valence electrons. The number of ether oxygens (including phenoxy) is 2. The van der Waals surface area contributed by atoms with Crippen LogP contribution in [-0.4, -0.2) is 31.7 Å². The van der Waals surface area contributed by atoms with Crippen LogP contribution < -0.4 is 15.5 Å². The summed E-state index contributed by atoms with van der Waals surface area (Å²) in [5, 5.41) is 6.75. The molecule has 0 aromatic heterocycles. The average molecular weight is 369 g/mol. The minimum absolute atomic E-state index is 0.0291. The number of amides is 2. The molecule has 0 aliphatic heterocycles. The fourth-order valence-corrected chi connectivity index (χ4v) is 2.45. The van der Waals surface area contributed by atoms with Crippen LogP contribution in [0.15, 0.2) is 59.7 Å². The lowest BCUT2D eigenvalue weighted by Crippen LogP contribution is -2.28. The second-order valence-electron chi connectivity index (χ2n) is 5.77. The van der Waals surface area contributed by atoms with Gasteiger partial charge in [0.1, 0.15) is 5.75 Å². The molecule has 1 atom stereocenters. The normalized spacial score (nSPS) is 12.2. The van der Waals surface area contributed by atoms with E-state index in [1.54, 1.807) is 37.3 Å². The number of rotatable bonds is 8. The van der Waals surface area contributed by atoms with Crippen LogP contribution in [0.3, 0.4) is 0 Å². The van der Waals surface area contributed by atoms with Gasteiger partial charge in [0.2, 0.25) is 5.91 Å². The smallest absolute Gasteiger partial charge is 0.273 e. The molecule has 0 fully saturated rings. The van der Waals surface area contributed by atoms with E-state index in [1.165, 1.54) is 14.2 Å². The van der Waals surface area contributed by atoms with Gasteiger partial charge in [0, 0.05) is 12.8 Å². The maximum Gasteiger partial charge on any atom is 0.273 e. The summed E-state index contributed by atoms with van der Waals surface area (Å²) in [6, 6.07) is 16.2. The van der Waals surface area contributed by atoms with Crippen LogP contribution >= 0.6 is 0 Å². The Balaban J connectivity index is 1.93. The summed E-state index contributed by atoms with van der Waals surface area (Å²) in [6.45, 7) is 1.66. The van der Waals surface area contributed by atoms with Crippen molar-refractivity contribution in [2.24, 2.45) is 5.10 Å². The molecule has 2 rings (SSSR count). The number of carbonyl (C=O) groups is 2. The first-order valence-corrected chi connectivity index (χ1v) is 8.38. The number of anilines is 1. The molecule has 0 aliphatic rings. The molecule has 2 N–H and O–H groups in total. The van der Waals surface area contributed by atoms with Crippen LogP contribution in [0.1, 0.15) is 25.0 Å². The second-order valence-corrected chi connectivity index (χ2v) is 5.77. The second kappa shape index (κ2) is 10.1. The molecule has 7 nitrogen and oxygen atoms in total. The van der Waals surface area contributed by atoms with Gasteiger partial charge in [-0.05, 0) is 24.6 Å². The predicted molar refractivity (Wildman–Crippen MR) is 104 cm³/mol. The van der Waals surface area contributed by atoms with Gasteiger partial charge in [-0.15, -0.1) is 0 Å². The lowest BCUT2D eigenvalue weighted by atomic mass is 10.1. The van der Waals surface area contributed by atoms with Crippen LogP contribution in [0.4, 0.5) is 5.69 Å². The standard InChI is InChI=1S/C20H23N3O4/c1-14(13-18(24)21-16-11-7-8-12-17(16)26-2)22-23-20(25)19(27-3)15-9-5-4-6-10-15/h4-12,19H,13H2,1-3H3,(H,21,24)(H,23,25)/b22-14-/t19-/m1/s1. The van der Waals surface area contributed by atoms with Gasteiger partial charge in [-0.3, -0.25) is 9.59 Å². The highest BCUT2D eigenvalue weighted by Crippen LogP contribution is 2.23. The van der Waals surface area contributed by atoms with Crippen molar-refractivity contribution in [2.45, 2.75) is 19.4 Å². The van der Waals surface area contributed by atoms with E-state index >= 15 is 0 Å². The quantitative estimate of drug-likeness (QED) is 0.553. The van der Waals surface area contributed by atoms with Crippen molar-refractivity contribution in [3.05, 3.63) is 60.2 Å². The van der Waals surface area contributed by atoms with Gasteiger partial charge in [-0.25, -0.2) is 5.43 Å². The minimum Gasteiger partial charge on any atom is -0.495 e. The molecule has 0 aliphatic carbocycles. The van der Waals surface area contributed by atoms with Crippen LogP contribution in [0.5, 0.6) is 5.75 Å². The number of hydrogen-bond acceptors (Lipinski definition) is 5. The maximum absolute atomic E-state index is 12.3. The van der Waals surface area contributed by atoms with Gasteiger partial charge in [0.05, 0.1) is 19.2 Å². The molecule has 0 spiro atoms. The third kappa shape index (κ3) is 5.93. The van der Waals surface area contributed by atoms with Crippen molar-refractivity contribution >= 4 is 23.2 Å². The summed E-state index contributed by atoms with van der Waals surface area (Å²) in [5.74, 6) is -0.103. The van der Waals surface area contributed by atoms with Crippen molar-refractivity contribution in [1.82, 2.24) is 5.43 Å². The van der Waals surface area contributed by atoms with E-state index in [2.05, 4.69) is 15.8 Å². The summed E-state index contributed by atoms with van der Waals surface area (Å²) < 4.78 is 10.4. The molecule has 2 aromatic rings. The van der Waals surface area contributed by atoms with E-state index in [-0.39, 0.29) is 12.3 Å². The number of para-hydroxylation sites is 2. The zero-order valence-electron chi connectivity index (χ0n) is 15.6. The van der Waals surface area contributed by atoms with Gasteiger partial charge >= 0.3 is 0 Å². The Morgan fingerprint density at radius 3 is 2.37 bits per heavy atom. The molecular weight excluding hydrogens is 346 g/mol. The first kappa shape index (κ1) is 20.1. The fraction of sp³-hybridized carbons (Fsp3) is 0.250. The average Bonchev–Trinajstić information content (AvgIpc) is 2.68. The van der Waals surface area contributed by atoms with Gasteiger partial charge < -0.3 is 14.8 Å². The van der Waals surface area contributed by atoms with Gasteiger partial charge in [-0.1, -0.05) is 42.5 Å². The lowest BCUT2D eigenvalue weighted by molar-refractivity contribution is -0.131. The number of nitrogens with one attached hydrogen (secondary N) is 2. The fourth-order valence-electron chi connectivity index (χ4n) is 2.45. The van der Waals surface area contributed by atoms with Crippen molar-refractivity contribution in [1.29, 1.82) is 0 Å². The Labute approximate surface area is 158 Å². The molecule has 2 amide bonds. The summed E-state index contributed by atoms with van der Waals surface area (Å²) >= 11 is 0. The Kier molecular flexibility index (Phi) is 7.51. The van der Waals surface area contributed by atoms with Crippen molar-refractivity contribution in [3.63, 3.8) is 0 Å². The van der Waals surface area contributed by atoms with Crippen LogP contribution in [-0.2, 0) is 14.3 Å². The van der Waals surface area contributed by atoms with Crippen molar-refractivity contribution < 1.29 is 19.1 Å². The highest BCUT2D eigenvalue weighted by atomic mass is 16.5. The molecule has 0 bridgehead atoms. The van der Waals surface area contributed by atoms with Crippen LogP contribution in [0.25, 0.3) is 0 Å². The number of nitrogens with zero attached hydrogens (tertiary/aromatic N) is 1. The van der Waals surface area contributed by atoms with Gasteiger partial charge in [0.15, 0.2) is 6.10 Å². The van der Waals surface area contributed by atoms with Crippen molar-refractivity contribution in [2.75, 3.05) is 19.5 Å². The molecule has 27 heavy (non-hydrogen) atoms. The maximum atomic E-state index is 12.3. The van der Waals surface area contributed by atoms with E-state index in [1.807, 2.05) is 24.3 Å². The predicted octanol–water partition coefficient (Wildman–Crippen LogP) is 2.90. The Morgan fingerprint density at radius 1 is 1.04 bits per heavy atom. The van der Waals surface area contributed by atoms with E-state index in [9.17, 15) is 9.59 Å². The van der Waals surface area contributed by atoms with Gasteiger partial charge in [0.25, 0.3) is 5.91 Å². The SMILES string of the molecule is COc1ccccc1NC(=O)C/C(C)=N\NC(=O)[C@H](OC)c1ccccc1. The number of hydrogen-bond donors (Lipinski definition) is 2. The van der Waals surface area contributed by atoms with Gasteiger partial charge in [-0.2, -0.15) is 5.10 Å². The molecule has 2 aromatic carbocycles. The molecule has 0 radical (unpaired) electrons. The number of benzene rings is 2. The van der Waals surface area contributed by atoms with E-state index < -0.39 is 12.0 Å². The molecule has 0 heterocycles. The number of hydrazone groups is 1. The Hall–Kier alpha value is -3.19. The Morgan fingerprint density at radius 2 is 1.70 bits per heavy atom. The molecular formula is C20H23N3O4. The summed E-state index contributed by atoms with van der Waals surface area (Å²) in [7, 11) is 2.99. The monoisotopic (exact) mass is 369 g/mol. The van der Waals surface area contributed by atoms with E-state index in [0.717, 1.165) is 5.56 Å². The highest BCUT2D eigenvalue weighted by molar-refractivity contribution is 6.06. The minimum atomic E-state index is -0.773. The summed E-state index contributed by atoms with van der Waals surface area (Å²) in [4.78, 5) is 24.4. The lowest BCUT2D eigenvalue weighted by Gasteiger charge is -2.14. The highest BCUT2D eigenvalue weighted by Gasteiger charge is 2.19. The van der Waals surface area contributed by atoms with Crippen LogP contribution in [0, 0.1) is 0 Å². The third-order valence-electron chi connectivity index (χ3n) is 3.73. The summed E-state index contributed by atoms with van der Waals surface area (Å²) in [6.07, 6.45) is -0.744. The first-order chi connectivity index (χ1) is 13.0. The Bertz CT molecular complexity index is 806. The van der Waals surface area contributed by atoms with Crippen LogP contribution in [0.2, 0.25) is 0 Å². The third-order valence-corrected chi connectivity index (χ3v) is 3.73.